The average Bonchev–Trinajstić information content (AvgIpc) is 2.44. The minimum absolute atomic E-state index is 0.0726. The van der Waals surface area contributed by atoms with Crippen molar-refractivity contribution in [2.24, 2.45) is 0 Å². The summed E-state index contributed by atoms with van der Waals surface area (Å²) in [6, 6.07) is 0.678. The van der Waals surface area contributed by atoms with Gasteiger partial charge >= 0.3 is 0 Å². The zero-order valence-corrected chi connectivity index (χ0v) is 13.3. The maximum atomic E-state index is 9.54. The topological polar surface area (TPSA) is 38.7 Å². The normalized spacial score (nSPS) is 25.4. The molecule has 0 aliphatic carbocycles. The highest BCUT2D eigenvalue weighted by atomic mass is 16.3. The molecule has 4 heteroatoms. The van der Waals surface area contributed by atoms with Gasteiger partial charge in [0.2, 0.25) is 0 Å². The fourth-order valence-electron chi connectivity index (χ4n) is 3.13. The highest BCUT2D eigenvalue weighted by molar-refractivity contribution is 4.85. The van der Waals surface area contributed by atoms with E-state index >= 15 is 0 Å². The van der Waals surface area contributed by atoms with Crippen molar-refractivity contribution in [2.45, 2.75) is 51.6 Å². The first-order chi connectivity index (χ1) is 9.10. The number of piperazine rings is 1. The molecule has 0 amide bonds. The second-order valence-corrected chi connectivity index (χ2v) is 5.92. The first-order valence-corrected chi connectivity index (χ1v) is 7.87. The lowest BCUT2D eigenvalue weighted by atomic mass is 9.91. The van der Waals surface area contributed by atoms with E-state index in [1.54, 1.807) is 0 Å². The number of likely N-dealkylation sites (N-methyl/N-ethyl adjacent to an activating group) is 2. The van der Waals surface area contributed by atoms with Crippen LogP contribution in [0, 0.1) is 0 Å². The summed E-state index contributed by atoms with van der Waals surface area (Å²) in [4.78, 5) is 5.12. The van der Waals surface area contributed by atoms with Crippen molar-refractivity contribution in [2.75, 3.05) is 46.4 Å². The lowest BCUT2D eigenvalue weighted by molar-refractivity contribution is 0.0818. The highest BCUT2D eigenvalue weighted by Gasteiger charge is 2.26. The predicted octanol–water partition coefficient (Wildman–Crippen LogP) is 1.15. The van der Waals surface area contributed by atoms with Gasteiger partial charge in [-0.15, -0.1) is 0 Å². The van der Waals surface area contributed by atoms with Crippen LogP contribution in [-0.2, 0) is 0 Å². The third kappa shape index (κ3) is 4.71. The third-order valence-electron chi connectivity index (χ3n) is 4.89. The molecule has 19 heavy (non-hydrogen) atoms. The van der Waals surface area contributed by atoms with Crippen LogP contribution < -0.4 is 5.32 Å². The smallest absolute Gasteiger partial charge is 0.0613 e. The fraction of sp³-hybridized carbons (Fsp3) is 1.00. The van der Waals surface area contributed by atoms with Gasteiger partial charge in [0.15, 0.2) is 0 Å². The molecule has 1 rings (SSSR count). The van der Waals surface area contributed by atoms with Gasteiger partial charge in [-0.3, -0.25) is 4.90 Å². The lowest BCUT2D eigenvalue weighted by Crippen LogP contribution is -2.52. The number of nitrogens with one attached hydrogen (secondary N) is 1. The molecule has 2 unspecified atom stereocenters. The fourth-order valence-corrected chi connectivity index (χ4v) is 3.13. The number of aliphatic hydroxyl groups excluding tert-OH is 1. The van der Waals surface area contributed by atoms with Crippen LogP contribution in [0.25, 0.3) is 0 Å². The van der Waals surface area contributed by atoms with Crippen LogP contribution in [0.2, 0.25) is 0 Å². The Morgan fingerprint density at radius 3 is 2.53 bits per heavy atom. The monoisotopic (exact) mass is 271 g/mol. The Balaban J connectivity index is 2.30. The van der Waals surface area contributed by atoms with Crippen LogP contribution in [0.3, 0.4) is 0 Å². The van der Waals surface area contributed by atoms with Gasteiger partial charge in [-0.1, -0.05) is 13.8 Å². The maximum absolute atomic E-state index is 9.54. The van der Waals surface area contributed by atoms with E-state index in [4.69, 9.17) is 0 Å². The van der Waals surface area contributed by atoms with Crippen molar-refractivity contribution < 1.29 is 5.11 Å². The molecule has 0 aromatic carbocycles. The van der Waals surface area contributed by atoms with Crippen molar-refractivity contribution >= 4 is 0 Å². The maximum Gasteiger partial charge on any atom is 0.0613 e. The molecule has 2 atom stereocenters. The molecular formula is C15H33N3O. The van der Waals surface area contributed by atoms with Gasteiger partial charge in [-0.25, -0.2) is 0 Å². The quantitative estimate of drug-likeness (QED) is 0.695. The molecule has 4 nitrogen and oxygen atoms in total. The molecule has 114 valence electrons. The Morgan fingerprint density at radius 2 is 2.05 bits per heavy atom. The van der Waals surface area contributed by atoms with Crippen LogP contribution in [0.4, 0.5) is 0 Å². The summed E-state index contributed by atoms with van der Waals surface area (Å²) in [6.07, 6.45) is 3.20. The van der Waals surface area contributed by atoms with Crippen LogP contribution in [0.15, 0.2) is 0 Å². The zero-order valence-electron chi connectivity index (χ0n) is 13.3. The summed E-state index contributed by atoms with van der Waals surface area (Å²) in [7, 11) is 1.96. The summed E-state index contributed by atoms with van der Waals surface area (Å²) in [5, 5.41) is 12.8. The van der Waals surface area contributed by atoms with Crippen molar-refractivity contribution in [3.8, 4) is 0 Å². The van der Waals surface area contributed by atoms with E-state index in [0.717, 1.165) is 32.4 Å². The Hall–Kier alpha value is -0.160. The Bertz CT molecular complexity index is 235. The van der Waals surface area contributed by atoms with Crippen LogP contribution >= 0.6 is 0 Å². The van der Waals surface area contributed by atoms with Crippen molar-refractivity contribution in [1.82, 2.24) is 15.1 Å². The van der Waals surface area contributed by atoms with Gasteiger partial charge in [-0.2, -0.15) is 0 Å². The van der Waals surface area contributed by atoms with Gasteiger partial charge in [0.05, 0.1) is 6.61 Å². The van der Waals surface area contributed by atoms with Crippen molar-refractivity contribution in [3.05, 3.63) is 0 Å². The van der Waals surface area contributed by atoms with E-state index in [9.17, 15) is 5.11 Å². The summed E-state index contributed by atoms with van der Waals surface area (Å²) in [5.41, 5.74) is -0.0726. The Labute approximate surface area is 119 Å². The van der Waals surface area contributed by atoms with E-state index in [-0.39, 0.29) is 12.1 Å². The molecule has 0 bridgehead atoms. The van der Waals surface area contributed by atoms with Crippen molar-refractivity contribution in [1.29, 1.82) is 0 Å². The lowest BCUT2D eigenvalue weighted by Gasteiger charge is -2.40. The summed E-state index contributed by atoms with van der Waals surface area (Å²) in [5.74, 6) is 0. The minimum atomic E-state index is -0.0726. The summed E-state index contributed by atoms with van der Waals surface area (Å²) in [6.45, 7) is 12.9. The van der Waals surface area contributed by atoms with Crippen LogP contribution in [0.1, 0.15) is 40.0 Å². The molecular weight excluding hydrogens is 238 g/mol. The third-order valence-corrected chi connectivity index (χ3v) is 4.89. The van der Waals surface area contributed by atoms with Gasteiger partial charge in [0, 0.05) is 31.2 Å². The van der Waals surface area contributed by atoms with Gasteiger partial charge < -0.3 is 15.3 Å². The first kappa shape index (κ1) is 16.9. The van der Waals surface area contributed by atoms with E-state index in [1.807, 2.05) is 7.05 Å². The zero-order chi connectivity index (χ0) is 14.3. The van der Waals surface area contributed by atoms with Gasteiger partial charge in [0.1, 0.15) is 0 Å². The second kappa shape index (κ2) is 8.20. The Kier molecular flexibility index (Phi) is 7.29. The highest BCUT2D eigenvalue weighted by Crippen LogP contribution is 2.17. The summed E-state index contributed by atoms with van der Waals surface area (Å²) < 4.78 is 0. The SMILES string of the molecule is CCN1CCN(CCCC(CC)(CO)NC)CC1C. The number of aliphatic hydroxyl groups is 1. The van der Waals surface area contributed by atoms with Gasteiger partial charge in [-0.05, 0) is 46.3 Å². The number of nitrogens with zero attached hydrogens (tertiary/aromatic N) is 2. The molecule has 1 aliphatic rings. The standard InChI is InChI=1S/C15H33N3O/c1-5-15(13-19,16-4)8-7-9-17-10-11-18(6-2)14(3)12-17/h14,16,19H,5-13H2,1-4H3. The molecule has 0 aromatic heterocycles. The summed E-state index contributed by atoms with van der Waals surface area (Å²) >= 11 is 0. The molecule has 1 heterocycles. The van der Waals surface area contributed by atoms with Crippen LogP contribution in [-0.4, -0.2) is 72.9 Å². The molecule has 0 saturated carbocycles. The number of hydrogen-bond acceptors (Lipinski definition) is 4. The van der Waals surface area contributed by atoms with E-state index < -0.39 is 0 Å². The van der Waals surface area contributed by atoms with Crippen LogP contribution in [0.5, 0.6) is 0 Å². The molecule has 1 aliphatic heterocycles. The first-order valence-electron chi connectivity index (χ1n) is 7.87. The molecule has 0 spiro atoms. The molecule has 1 saturated heterocycles. The average molecular weight is 271 g/mol. The second-order valence-electron chi connectivity index (χ2n) is 5.92. The molecule has 2 N–H and O–H groups in total. The van der Waals surface area contributed by atoms with E-state index in [0.29, 0.717) is 6.04 Å². The number of hydrogen-bond donors (Lipinski definition) is 2. The predicted molar refractivity (Wildman–Crippen MR) is 81.6 cm³/mol. The van der Waals surface area contributed by atoms with Gasteiger partial charge in [0.25, 0.3) is 0 Å². The largest absolute Gasteiger partial charge is 0.394 e. The minimum Gasteiger partial charge on any atom is -0.394 e. The Morgan fingerprint density at radius 1 is 1.32 bits per heavy atom. The number of rotatable bonds is 8. The van der Waals surface area contributed by atoms with E-state index in [1.165, 1.54) is 19.6 Å². The van der Waals surface area contributed by atoms with Crippen molar-refractivity contribution in [3.63, 3.8) is 0 Å². The van der Waals surface area contributed by atoms with E-state index in [2.05, 4.69) is 35.9 Å². The molecule has 1 fully saturated rings. The molecule has 0 radical (unpaired) electrons. The molecule has 0 aromatic rings.